The molecule has 1 saturated carbocycles. The first-order valence-corrected chi connectivity index (χ1v) is 7.77. The Bertz CT molecular complexity index is 415. The van der Waals surface area contributed by atoms with Crippen LogP contribution >= 0.6 is 0 Å². The number of sulfonamides is 1. The van der Waals surface area contributed by atoms with Crippen molar-refractivity contribution in [3.63, 3.8) is 0 Å². The molecule has 1 N–H and O–H groups in total. The Morgan fingerprint density at radius 2 is 2.12 bits per heavy atom. The van der Waals surface area contributed by atoms with Crippen molar-refractivity contribution in [2.24, 2.45) is 5.92 Å². The summed E-state index contributed by atoms with van der Waals surface area (Å²) in [5, 5.41) is 9.34. The summed E-state index contributed by atoms with van der Waals surface area (Å²) < 4.78 is 25.7. The maximum atomic E-state index is 12.2. The van der Waals surface area contributed by atoms with E-state index in [1.807, 2.05) is 0 Å². The van der Waals surface area contributed by atoms with Gasteiger partial charge in [0.05, 0.1) is 5.75 Å². The fourth-order valence-corrected chi connectivity index (χ4v) is 5.00. The van der Waals surface area contributed by atoms with Gasteiger partial charge in [-0.05, 0) is 38.0 Å². The van der Waals surface area contributed by atoms with E-state index in [1.54, 1.807) is 6.92 Å². The number of rotatable bonds is 5. The maximum Gasteiger partial charge on any atom is 0.325 e. The standard InChI is InChI=1S/C11H19NO4S/c1-2-11(10(13)14)6-3-7-12(11)17(15,16)8-9-4-5-9/h9H,2-8H2,1H3,(H,13,14). The molecule has 2 rings (SSSR count). The molecule has 0 aromatic rings. The predicted molar refractivity (Wildman–Crippen MR) is 63.1 cm³/mol. The van der Waals surface area contributed by atoms with E-state index in [1.165, 1.54) is 4.31 Å². The van der Waals surface area contributed by atoms with Gasteiger partial charge in [0.2, 0.25) is 10.0 Å². The summed E-state index contributed by atoms with van der Waals surface area (Å²) in [6.07, 6.45) is 3.33. The highest BCUT2D eigenvalue weighted by Gasteiger charge is 2.52. The highest BCUT2D eigenvalue weighted by Crippen LogP contribution is 2.38. The highest BCUT2D eigenvalue weighted by molar-refractivity contribution is 7.89. The van der Waals surface area contributed by atoms with Gasteiger partial charge in [-0.15, -0.1) is 0 Å². The van der Waals surface area contributed by atoms with E-state index in [9.17, 15) is 18.3 Å². The molecule has 1 atom stereocenters. The molecular weight excluding hydrogens is 242 g/mol. The Morgan fingerprint density at radius 3 is 2.59 bits per heavy atom. The van der Waals surface area contributed by atoms with Gasteiger partial charge in [-0.3, -0.25) is 4.79 Å². The third kappa shape index (κ3) is 2.20. The molecule has 98 valence electrons. The van der Waals surface area contributed by atoms with Crippen LogP contribution < -0.4 is 0 Å². The number of carbonyl (C=O) groups is 1. The van der Waals surface area contributed by atoms with E-state index < -0.39 is 21.5 Å². The van der Waals surface area contributed by atoms with Crippen LogP contribution in [0.25, 0.3) is 0 Å². The van der Waals surface area contributed by atoms with Gasteiger partial charge in [-0.25, -0.2) is 8.42 Å². The van der Waals surface area contributed by atoms with E-state index >= 15 is 0 Å². The van der Waals surface area contributed by atoms with Crippen molar-refractivity contribution in [1.82, 2.24) is 4.31 Å². The number of hydrogen-bond donors (Lipinski definition) is 1. The Labute approximate surface area is 102 Å². The summed E-state index contributed by atoms with van der Waals surface area (Å²) in [6, 6.07) is 0. The SMILES string of the molecule is CCC1(C(=O)O)CCCN1S(=O)(=O)CC1CC1. The molecule has 0 aromatic heterocycles. The summed E-state index contributed by atoms with van der Waals surface area (Å²) in [7, 11) is -3.41. The third-order valence-electron chi connectivity index (χ3n) is 3.89. The predicted octanol–water partition coefficient (Wildman–Crippen LogP) is 1.06. The molecule has 17 heavy (non-hydrogen) atoms. The van der Waals surface area contributed by atoms with Crippen LogP contribution in [0.2, 0.25) is 0 Å². The van der Waals surface area contributed by atoms with Crippen LogP contribution in [0.3, 0.4) is 0 Å². The van der Waals surface area contributed by atoms with Crippen molar-refractivity contribution in [1.29, 1.82) is 0 Å². The number of carboxylic acids is 1. The summed E-state index contributed by atoms with van der Waals surface area (Å²) in [5.41, 5.74) is -1.19. The second kappa shape index (κ2) is 4.24. The molecule has 0 spiro atoms. The molecule has 0 bridgehead atoms. The van der Waals surface area contributed by atoms with Crippen molar-refractivity contribution in [3.8, 4) is 0 Å². The average molecular weight is 261 g/mol. The average Bonchev–Trinajstić information content (AvgIpc) is 2.93. The smallest absolute Gasteiger partial charge is 0.325 e. The summed E-state index contributed by atoms with van der Waals surface area (Å²) in [5.74, 6) is -0.622. The van der Waals surface area contributed by atoms with Gasteiger partial charge in [0.15, 0.2) is 0 Å². The van der Waals surface area contributed by atoms with E-state index in [-0.39, 0.29) is 11.7 Å². The topological polar surface area (TPSA) is 74.7 Å². The fraction of sp³-hybridized carbons (Fsp3) is 0.909. The zero-order chi connectivity index (χ0) is 12.7. The van der Waals surface area contributed by atoms with Crippen LogP contribution in [0.4, 0.5) is 0 Å². The van der Waals surface area contributed by atoms with Gasteiger partial charge < -0.3 is 5.11 Å². The lowest BCUT2D eigenvalue weighted by Gasteiger charge is -2.32. The van der Waals surface area contributed by atoms with Crippen LogP contribution in [-0.4, -0.2) is 41.6 Å². The summed E-state index contributed by atoms with van der Waals surface area (Å²) in [4.78, 5) is 11.4. The first kappa shape index (κ1) is 12.8. The second-order valence-corrected chi connectivity index (χ2v) is 7.03. The van der Waals surface area contributed by atoms with Crippen molar-refractivity contribution in [3.05, 3.63) is 0 Å². The molecule has 1 saturated heterocycles. The van der Waals surface area contributed by atoms with Gasteiger partial charge >= 0.3 is 5.97 Å². The molecule has 5 nitrogen and oxygen atoms in total. The van der Waals surface area contributed by atoms with Gasteiger partial charge in [0.1, 0.15) is 5.54 Å². The van der Waals surface area contributed by atoms with E-state index in [0.717, 1.165) is 12.8 Å². The lowest BCUT2D eigenvalue weighted by Crippen LogP contribution is -2.53. The highest BCUT2D eigenvalue weighted by atomic mass is 32.2. The zero-order valence-corrected chi connectivity index (χ0v) is 10.9. The summed E-state index contributed by atoms with van der Waals surface area (Å²) >= 11 is 0. The van der Waals surface area contributed by atoms with Crippen molar-refractivity contribution < 1.29 is 18.3 Å². The number of aliphatic carboxylic acids is 1. The minimum absolute atomic E-state index is 0.127. The molecule has 2 aliphatic rings. The fourth-order valence-electron chi connectivity index (χ4n) is 2.65. The Hall–Kier alpha value is -0.620. The monoisotopic (exact) mass is 261 g/mol. The molecule has 0 radical (unpaired) electrons. The molecule has 0 amide bonds. The van der Waals surface area contributed by atoms with Crippen LogP contribution in [0.15, 0.2) is 0 Å². The largest absolute Gasteiger partial charge is 0.480 e. The molecule has 6 heteroatoms. The molecular formula is C11H19NO4S. The van der Waals surface area contributed by atoms with Crippen LogP contribution in [-0.2, 0) is 14.8 Å². The third-order valence-corrected chi connectivity index (χ3v) is 5.99. The Morgan fingerprint density at radius 1 is 1.47 bits per heavy atom. The zero-order valence-electron chi connectivity index (χ0n) is 10.1. The minimum atomic E-state index is -3.41. The van der Waals surface area contributed by atoms with Crippen LogP contribution in [0.5, 0.6) is 0 Å². The van der Waals surface area contributed by atoms with E-state index in [4.69, 9.17) is 0 Å². The lowest BCUT2D eigenvalue weighted by molar-refractivity contribution is -0.147. The number of hydrogen-bond acceptors (Lipinski definition) is 3. The molecule has 2 fully saturated rings. The van der Waals surface area contributed by atoms with Crippen LogP contribution in [0, 0.1) is 5.92 Å². The summed E-state index contributed by atoms with van der Waals surface area (Å²) in [6.45, 7) is 2.11. The lowest BCUT2D eigenvalue weighted by atomic mass is 9.95. The Balaban J connectivity index is 2.26. The first-order valence-electron chi connectivity index (χ1n) is 6.16. The van der Waals surface area contributed by atoms with E-state index in [0.29, 0.717) is 25.8 Å². The van der Waals surface area contributed by atoms with Gasteiger partial charge in [-0.1, -0.05) is 6.92 Å². The van der Waals surface area contributed by atoms with Gasteiger partial charge in [0.25, 0.3) is 0 Å². The molecule has 0 aromatic carbocycles. The van der Waals surface area contributed by atoms with Gasteiger partial charge in [0, 0.05) is 6.54 Å². The van der Waals surface area contributed by atoms with E-state index in [2.05, 4.69) is 0 Å². The first-order chi connectivity index (χ1) is 7.92. The number of nitrogens with zero attached hydrogens (tertiary/aromatic N) is 1. The normalized spacial score (nSPS) is 30.6. The van der Waals surface area contributed by atoms with Crippen molar-refractivity contribution >= 4 is 16.0 Å². The Kier molecular flexibility index (Phi) is 3.20. The van der Waals surface area contributed by atoms with Crippen molar-refractivity contribution in [2.75, 3.05) is 12.3 Å². The minimum Gasteiger partial charge on any atom is -0.480 e. The number of carboxylic acid groups (broad SMARTS) is 1. The quantitative estimate of drug-likeness (QED) is 0.803. The molecule has 1 aliphatic heterocycles. The molecule has 1 heterocycles. The second-order valence-electron chi connectivity index (χ2n) is 5.09. The maximum absolute atomic E-state index is 12.2. The molecule has 1 unspecified atom stereocenters. The van der Waals surface area contributed by atoms with Gasteiger partial charge in [-0.2, -0.15) is 4.31 Å². The van der Waals surface area contributed by atoms with Crippen LogP contribution in [0.1, 0.15) is 39.0 Å². The van der Waals surface area contributed by atoms with Crippen molar-refractivity contribution in [2.45, 2.75) is 44.6 Å². The molecule has 1 aliphatic carbocycles.